The molecule has 1 aromatic rings. The Labute approximate surface area is 113 Å². The lowest BCUT2D eigenvalue weighted by atomic mass is 10.4. The molecule has 1 fully saturated rings. The minimum atomic E-state index is -3.48. The number of hydrogen-bond acceptors (Lipinski definition) is 5. The van der Waals surface area contributed by atoms with Crippen LogP contribution in [0.25, 0.3) is 0 Å². The quantitative estimate of drug-likeness (QED) is 0.773. The lowest BCUT2D eigenvalue weighted by Crippen LogP contribution is -2.36. The predicted octanol–water partition coefficient (Wildman–Crippen LogP) is -0.593. The molecule has 0 atom stereocenters. The van der Waals surface area contributed by atoms with Gasteiger partial charge in [-0.15, -0.1) is 0 Å². The third kappa shape index (κ3) is 3.33. The van der Waals surface area contributed by atoms with Crippen molar-refractivity contribution in [3.05, 3.63) is 12.0 Å². The number of aromatic nitrogens is 2. The van der Waals surface area contributed by atoms with Gasteiger partial charge in [0.1, 0.15) is 5.82 Å². The molecule has 1 saturated heterocycles. The summed E-state index contributed by atoms with van der Waals surface area (Å²) in [6, 6.07) is 0. The highest BCUT2D eigenvalue weighted by molar-refractivity contribution is 7.89. The Kier molecular flexibility index (Phi) is 4.56. The molecule has 1 aliphatic rings. The maximum Gasteiger partial charge on any atom is 0.260 e. The Balaban J connectivity index is 2.09. The summed E-state index contributed by atoms with van der Waals surface area (Å²) in [4.78, 5) is 8.79. The number of aliphatic hydroxyl groups excluding tert-OH is 1. The van der Waals surface area contributed by atoms with E-state index in [1.165, 1.54) is 10.5 Å². The maximum absolute atomic E-state index is 12.4. The molecule has 0 spiro atoms. The van der Waals surface area contributed by atoms with E-state index < -0.39 is 10.0 Å². The van der Waals surface area contributed by atoms with Gasteiger partial charge in [0, 0.05) is 26.2 Å². The minimum absolute atomic E-state index is 0.104. The van der Waals surface area contributed by atoms with Crippen LogP contribution < -0.4 is 0 Å². The van der Waals surface area contributed by atoms with E-state index in [-0.39, 0.29) is 11.6 Å². The Morgan fingerprint density at radius 3 is 2.79 bits per heavy atom. The number of aryl methyl sites for hydroxylation is 1. The first-order valence-corrected chi connectivity index (χ1v) is 7.83. The number of imidazole rings is 1. The summed E-state index contributed by atoms with van der Waals surface area (Å²) >= 11 is 0. The molecular weight excluding hydrogens is 268 g/mol. The summed E-state index contributed by atoms with van der Waals surface area (Å²) in [5.41, 5.74) is 0. The van der Waals surface area contributed by atoms with Crippen molar-refractivity contribution in [2.75, 3.05) is 39.3 Å². The van der Waals surface area contributed by atoms with E-state index in [4.69, 9.17) is 5.11 Å². The SMILES string of the molecule is Cc1ncc(S(=O)(=O)N2CCCN(CCO)CC2)[nH]1. The molecule has 108 valence electrons. The van der Waals surface area contributed by atoms with Crippen molar-refractivity contribution >= 4 is 10.0 Å². The zero-order valence-corrected chi connectivity index (χ0v) is 11.9. The number of aliphatic hydroxyl groups is 1. The van der Waals surface area contributed by atoms with Crippen LogP contribution in [0.1, 0.15) is 12.2 Å². The molecule has 8 heteroatoms. The third-order valence-corrected chi connectivity index (χ3v) is 5.07. The first-order chi connectivity index (χ1) is 9.04. The molecule has 2 heterocycles. The summed E-state index contributed by atoms with van der Waals surface area (Å²) in [5.74, 6) is 0.593. The Morgan fingerprint density at radius 1 is 1.37 bits per heavy atom. The van der Waals surface area contributed by atoms with Gasteiger partial charge in [0.15, 0.2) is 5.03 Å². The molecule has 0 radical (unpaired) electrons. The highest BCUT2D eigenvalue weighted by atomic mass is 32.2. The monoisotopic (exact) mass is 288 g/mol. The number of sulfonamides is 1. The van der Waals surface area contributed by atoms with Crippen LogP contribution in [0.2, 0.25) is 0 Å². The molecule has 0 amide bonds. The number of H-pyrrole nitrogens is 1. The summed E-state index contributed by atoms with van der Waals surface area (Å²) in [5, 5.41) is 9.08. The minimum Gasteiger partial charge on any atom is -0.395 e. The molecule has 0 bridgehead atoms. The van der Waals surface area contributed by atoms with Crippen molar-refractivity contribution in [2.45, 2.75) is 18.4 Å². The van der Waals surface area contributed by atoms with Crippen molar-refractivity contribution in [1.82, 2.24) is 19.2 Å². The van der Waals surface area contributed by atoms with Gasteiger partial charge in [-0.3, -0.25) is 4.90 Å². The highest BCUT2D eigenvalue weighted by Crippen LogP contribution is 2.15. The van der Waals surface area contributed by atoms with E-state index in [2.05, 4.69) is 14.9 Å². The molecule has 0 aromatic carbocycles. The lowest BCUT2D eigenvalue weighted by Gasteiger charge is -2.20. The van der Waals surface area contributed by atoms with E-state index in [1.807, 2.05) is 0 Å². The second kappa shape index (κ2) is 6.00. The van der Waals surface area contributed by atoms with Crippen molar-refractivity contribution < 1.29 is 13.5 Å². The fraction of sp³-hybridized carbons (Fsp3) is 0.727. The summed E-state index contributed by atoms with van der Waals surface area (Å²) in [7, 11) is -3.48. The smallest absolute Gasteiger partial charge is 0.260 e. The van der Waals surface area contributed by atoms with Crippen LogP contribution in [0.15, 0.2) is 11.2 Å². The van der Waals surface area contributed by atoms with Crippen LogP contribution in [0.3, 0.4) is 0 Å². The topological polar surface area (TPSA) is 89.5 Å². The second-order valence-electron chi connectivity index (χ2n) is 4.66. The van der Waals surface area contributed by atoms with Crippen LogP contribution in [0, 0.1) is 6.92 Å². The molecular formula is C11H20N4O3S. The van der Waals surface area contributed by atoms with Crippen LogP contribution in [0.4, 0.5) is 0 Å². The van der Waals surface area contributed by atoms with Crippen LogP contribution >= 0.6 is 0 Å². The zero-order chi connectivity index (χ0) is 13.9. The number of nitrogens with zero attached hydrogens (tertiary/aromatic N) is 3. The van der Waals surface area contributed by atoms with E-state index >= 15 is 0 Å². The van der Waals surface area contributed by atoms with Crippen molar-refractivity contribution in [3.63, 3.8) is 0 Å². The number of β-amino-alcohol motifs (C(OH)–C–C–N with tert-alkyl or cyclic N) is 1. The summed E-state index contributed by atoms with van der Waals surface area (Å²) < 4.78 is 26.3. The van der Waals surface area contributed by atoms with Gasteiger partial charge in [-0.1, -0.05) is 0 Å². The predicted molar refractivity (Wildman–Crippen MR) is 70.2 cm³/mol. The van der Waals surface area contributed by atoms with E-state index in [0.29, 0.717) is 32.0 Å². The fourth-order valence-electron chi connectivity index (χ4n) is 2.22. The van der Waals surface area contributed by atoms with Crippen molar-refractivity contribution in [2.24, 2.45) is 0 Å². The average molecular weight is 288 g/mol. The van der Waals surface area contributed by atoms with Gasteiger partial charge in [0.05, 0.1) is 12.8 Å². The summed E-state index contributed by atoms with van der Waals surface area (Å²) in [6.07, 6.45) is 2.13. The van der Waals surface area contributed by atoms with Crippen LogP contribution in [-0.2, 0) is 10.0 Å². The second-order valence-corrected chi connectivity index (χ2v) is 6.56. The largest absolute Gasteiger partial charge is 0.395 e. The standard InChI is InChI=1S/C11H20N4O3S/c1-10-12-9-11(13-10)19(17,18)15-4-2-3-14(5-6-15)7-8-16/h9,16H,2-8H2,1H3,(H,12,13). The van der Waals surface area contributed by atoms with Gasteiger partial charge in [-0.05, 0) is 19.9 Å². The Morgan fingerprint density at radius 2 is 2.16 bits per heavy atom. The first kappa shape index (κ1) is 14.4. The molecule has 1 aromatic heterocycles. The van der Waals surface area contributed by atoms with Gasteiger partial charge < -0.3 is 10.1 Å². The van der Waals surface area contributed by atoms with Crippen LogP contribution in [0.5, 0.6) is 0 Å². The van der Waals surface area contributed by atoms with E-state index in [0.717, 1.165) is 13.0 Å². The van der Waals surface area contributed by atoms with Gasteiger partial charge >= 0.3 is 0 Å². The number of nitrogens with one attached hydrogen (secondary N) is 1. The van der Waals surface area contributed by atoms with Gasteiger partial charge in [0.25, 0.3) is 10.0 Å². The number of hydrogen-bond donors (Lipinski definition) is 2. The lowest BCUT2D eigenvalue weighted by molar-refractivity contribution is 0.202. The molecule has 0 saturated carbocycles. The Bertz CT molecular complexity index is 514. The molecule has 1 aliphatic heterocycles. The number of rotatable bonds is 4. The normalized spacial score (nSPS) is 19.5. The molecule has 0 aliphatic carbocycles. The number of aromatic amines is 1. The van der Waals surface area contributed by atoms with Gasteiger partial charge in [0.2, 0.25) is 0 Å². The molecule has 19 heavy (non-hydrogen) atoms. The zero-order valence-electron chi connectivity index (χ0n) is 11.0. The van der Waals surface area contributed by atoms with E-state index in [9.17, 15) is 8.42 Å². The molecule has 0 unspecified atom stereocenters. The molecule has 2 rings (SSSR count). The van der Waals surface area contributed by atoms with Crippen LogP contribution in [-0.4, -0.2) is 72.0 Å². The summed E-state index contributed by atoms with van der Waals surface area (Å²) in [6.45, 7) is 4.83. The molecule has 7 nitrogen and oxygen atoms in total. The third-order valence-electron chi connectivity index (χ3n) is 3.26. The first-order valence-electron chi connectivity index (χ1n) is 6.39. The van der Waals surface area contributed by atoms with Crippen molar-refractivity contribution in [1.29, 1.82) is 0 Å². The molecule has 2 N–H and O–H groups in total. The van der Waals surface area contributed by atoms with E-state index in [1.54, 1.807) is 6.92 Å². The maximum atomic E-state index is 12.4. The Hall–Kier alpha value is -0.960. The fourth-order valence-corrected chi connectivity index (χ4v) is 3.65. The highest BCUT2D eigenvalue weighted by Gasteiger charge is 2.28. The van der Waals surface area contributed by atoms with Gasteiger partial charge in [-0.2, -0.15) is 4.31 Å². The average Bonchev–Trinajstić information content (AvgIpc) is 2.66. The van der Waals surface area contributed by atoms with Gasteiger partial charge in [-0.25, -0.2) is 13.4 Å². The van der Waals surface area contributed by atoms with Crippen molar-refractivity contribution in [3.8, 4) is 0 Å².